The van der Waals surface area contributed by atoms with Crippen LogP contribution in [0.25, 0.3) is 0 Å². The van der Waals surface area contributed by atoms with Gasteiger partial charge in [0.2, 0.25) is 0 Å². The number of nitrogens with zero attached hydrogens (tertiary/aromatic N) is 3. The first kappa shape index (κ1) is 15.7. The average Bonchev–Trinajstić information content (AvgIpc) is 3.03. The van der Waals surface area contributed by atoms with Gasteiger partial charge in [0.05, 0.1) is 24.2 Å². The molecule has 2 unspecified atom stereocenters. The second-order valence-electron chi connectivity index (χ2n) is 5.90. The van der Waals surface area contributed by atoms with Gasteiger partial charge in [0.25, 0.3) is 5.91 Å². The number of rotatable bonds is 4. The van der Waals surface area contributed by atoms with Crippen LogP contribution in [0.5, 0.6) is 0 Å². The number of hydrogen-bond donors (Lipinski definition) is 1. The molecule has 1 saturated heterocycles. The predicted octanol–water partition coefficient (Wildman–Crippen LogP) is 2.58. The van der Waals surface area contributed by atoms with Crippen LogP contribution in [0.4, 0.5) is 0 Å². The van der Waals surface area contributed by atoms with Gasteiger partial charge in [-0.25, -0.2) is 0 Å². The third-order valence-corrected chi connectivity index (χ3v) is 4.34. The first-order chi connectivity index (χ1) is 11.3. The lowest BCUT2D eigenvalue weighted by molar-refractivity contribution is 0.0557. The fraction of sp³-hybridized carbons (Fsp3) is 0.471. The van der Waals surface area contributed by atoms with Crippen molar-refractivity contribution in [2.45, 2.75) is 44.2 Å². The molecule has 3 rings (SSSR count). The first-order valence-electron chi connectivity index (χ1n) is 8.05. The summed E-state index contributed by atoms with van der Waals surface area (Å²) in [6.45, 7) is 0.705. The van der Waals surface area contributed by atoms with Crippen LogP contribution in [-0.4, -0.2) is 38.7 Å². The molecule has 3 heterocycles. The summed E-state index contributed by atoms with van der Waals surface area (Å²) in [4.78, 5) is 14.7. The Labute approximate surface area is 135 Å². The highest BCUT2D eigenvalue weighted by Gasteiger charge is 2.29. The van der Waals surface area contributed by atoms with Crippen LogP contribution >= 0.6 is 0 Å². The number of amides is 1. The molecule has 6 heteroatoms. The molecule has 0 radical (unpaired) electrons. The summed E-state index contributed by atoms with van der Waals surface area (Å²) in [5.41, 5.74) is 0.541. The zero-order chi connectivity index (χ0) is 16.1. The van der Waals surface area contributed by atoms with Crippen molar-refractivity contribution in [3.63, 3.8) is 0 Å². The van der Waals surface area contributed by atoms with Crippen molar-refractivity contribution in [3.05, 3.63) is 48.2 Å². The van der Waals surface area contributed by atoms with E-state index in [4.69, 9.17) is 4.42 Å². The van der Waals surface area contributed by atoms with Crippen LogP contribution in [0.1, 0.15) is 54.3 Å². The van der Waals surface area contributed by atoms with Gasteiger partial charge in [0.1, 0.15) is 11.9 Å². The Balaban J connectivity index is 1.76. The second kappa shape index (κ2) is 7.37. The highest BCUT2D eigenvalue weighted by atomic mass is 16.4. The van der Waals surface area contributed by atoms with Crippen LogP contribution in [0, 0.1) is 0 Å². The highest BCUT2D eigenvalue weighted by Crippen LogP contribution is 2.27. The maximum atomic E-state index is 12.8. The molecule has 2 aromatic rings. The van der Waals surface area contributed by atoms with Crippen LogP contribution in [0.15, 0.2) is 41.3 Å². The van der Waals surface area contributed by atoms with Gasteiger partial charge in [-0.05, 0) is 31.0 Å². The van der Waals surface area contributed by atoms with Gasteiger partial charge in [0.15, 0.2) is 0 Å². The molecule has 0 aromatic carbocycles. The van der Waals surface area contributed by atoms with Crippen LogP contribution in [0.2, 0.25) is 0 Å². The molecule has 122 valence electrons. The lowest BCUT2D eigenvalue weighted by Crippen LogP contribution is -2.41. The molecular weight excluding hydrogens is 294 g/mol. The maximum absolute atomic E-state index is 12.8. The van der Waals surface area contributed by atoms with E-state index < -0.39 is 6.10 Å². The molecule has 1 amide bonds. The molecule has 1 fully saturated rings. The van der Waals surface area contributed by atoms with Gasteiger partial charge in [-0.15, -0.1) is 0 Å². The Morgan fingerprint density at radius 2 is 2.26 bits per heavy atom. The Hall–Kier alpha value is -2.21. The molecule has 0 bridgehead atoms. The lowest BCUT2D eigenvalue weighted by Gasteiger charge is -2.31. The number of carbonyl (C=O) groups is 1. The van der Waals surface area contributed by atoms with Crippen molar-refractivity contribution < 1.29 is 14.3 Å². The quantitative estimate of drug-likeness (QED) is 0.938. The minimum Gasteiger partial charge on any atom is -0.467 e. The van der Waals surface area contributed by atoms with Crippen molar-refractivity contribution in [3.8, 4) is 0 Å². The highest BCUT2D eigenvalue weighted by molar-refractivity contribution is 5.94. The van der Waals surface area contributed by atoms with E-state index in [1.807, 2.05) is 4.90 Å². The van der Waals surface area contributed by atoms with Crippen LogP contribution in [0.3, 0.4) is 0 Å². The number of carbonyl (C=O) groups excluding carboxylic acids is 1. The fourth-order valence-electron chi connectivity index (χ4n) is 3.13. The summed E-state index contributed by atoms with van der Waals surface area (Å²) in [6.07, 6.45) is 8.40. The summed E-state index contributed by atoms with van der Waals surface area (Å²) < 4.78 is 5.28. The topological polar surface area (TPSA) is 79.5 Å². The lowest BCUT2D eigenvalue weighted by atomic mass is 10.0. The summed E-state index contributed by atoms with van der Waals surface area (Å²) in [6, 6.07) is 5.20. The molecule has 0 aliphatic carbocycles. The largest absolute Gasteiger partial charge is 0.467 e. The third-order valence-electron chi connectivity index (χ3n) is 4.34. The van der Waals surface area contributed by atoms with Crippen molar-refractivity contribution >= 4 is 5.91 Å². The molecule has 2 aromatic heterocycles. The average molecular weight is 315 g/mol. The number of likely N-dealkylation sites (tertiary alicyclic amines) is 1. The Kier molecular flexibility index (Phi) is 5.02. The van der Waals surface area contributed by atoms with Gasteiger partial charge in [-0.1, -0.05) is 12.8 Å². The second-order valence-corrected chi connectivity index (χ2v) is 5.90. The van der Waals surface area contributed by atoms with E-state index in [1.165, 1.54) is 12.4 Å². The summed E-state index contributed by atoms with van der Waals surface area (Å²) in [7, 11) is 0. The molecule has 1 aliphatic heterocycles. The summed E-state index contributed by atoms with van der Waals surface area (Å²) in [5, 5.41) is 17.9. The molecule has 2 atom stereocenters. The van der Waals surface area contributed by atoms with E-state index in [1.54, 1.807) is 24.5 Å². The van der Waals surface area contributed by atoms with Crippen LogP contribution < -0.4 is 0 Å². The summed E-state index contributed by atoms with van der Waals surface area (Å²) >= 11 is 0. The van der Waals surface area contributed by atoms with Crippen molar-refractivity contribution in [2.24, 2.45) is 0 Å². The van der Waals surface area contributed by atoms with Gasteiger partial charge < -0.3 is 14.4 Å². The summed E-state index contributed by atoms with van der Waals surface area (Å²) in [5.74, 6) is 0.505. The number of hydrogen-bond acceptors (Lipinski definition) is 5. The fourth-order valence-corrected chi connectivity index (χ4v) is 3.13. The Morgan fingerprint density at radius 1 is 1.35 bits per heavy atom. The predicted molar refractivity (Wildman–Crippen MR) is 83.6 cm³/mol. The molecule has 0 spiro atoms. The van der Waals surface area contributed by atoms with Crippen molar-refractivity contribution in [1.82, 2.24) is 15.1 Å². The van der Waals surface area contributed by atoms with Crippen LogP contribution in [-0.2, 0) is 0 Å². The van der Waals surface area contributed by atoms with E-state index in [2.05, 4.69) is 10.2 Å². The molecule has 6 nitrogen and oxygen atoms in total. The minimum absolute atomic E-state index is 0.00161. The van der Waals surface area contributed by atoms with Crippen molar-refractivity contribution in [2.75, 3.05) is 6.54 Å². The number of aliphatic hydroxyl groups is 1. The maximum Gasteiger partial charge on any atom is 0.255 e. The third kappa shape index (κ3) is 3.76. The standard InChI is InChI=1S/C17H21N3O3/c21-15(16-6-4-10-23-16)11-14-5-2-1-3-9-20(14)17(22)13-7-8-18-19-12-13/h4,6-8,10,12,14-15,21H,1-3,5,9,11H2. The van der Waals surface area contributed by atoms with E-state index in [0.717, 1.165) is 25.7 Å². The van der Waals surface area contributed by atoms with E-state index >= 15 is 0 Å². The van der Waals surface area contributed by atoms with E-state index in [9.17, 15) is 9.90 Å². The van der Waals surface area contributed by atoms with E-state index in [-0.39, 0.29) is 11.9 Å². The molecule has 0 saturated carbocycles. The molecule has 23 heavy (non-hydrogen) atoms. The normalized spacial score (nSPS) is 20.0. The number of furan rings is 1. The van der Waals surface area contributed by atoms with Gasteiger partial charge in [-0.2, -0.15) is 10.2 Å². The van der Waals surface area contributed by atoms with Gasteiger partial charge in [0, 0.05) is 19.0 Å². The number of aliphatic hydroxyl groups excluding tert-OH is 1. The minimum atomic E-state index is -0.695. The van der Waals surface area contributed by atoms with Crippen molar-refractivity contribution in [1.29, 1.82) is 0 Å². The SMILES string of the molecule is O=C(c1ccnnc1)N1CCCCCC1CC(O)c1ccco1. The zero-order valence-electron chi connectivity index (χ0n) is 13.0. The molecular formula is C17H21N3O3. The first-order valence-corrected chi connectivity index (χ1v) is 8.05. The Bertz CT molecular complexity index is 615. The van der Waals surface area contributed by atoms with Gasteiger partial charge in [-0.3, -0.25) is 4.79 Å². The number of aromatic nitrogens is 2. The monoisotopic (exact) mass is 315 g/mol. The zero-order valence-corrected chi connectivity index (χ0v) is 13.0. The molecule has 1 aliphatic rings. The van der Waals surface area contributed by atoms with Gasteiger partial charge >= 0.3 is 0 Å². The Morgan fingerprint density at radius 3 is 3.00 bits per heavy atom. The molecule has 1 N–H and O–H groups in total. The smallest absolute Gasteiger partial charge is 0.255 e. The van der Waals surface area contributed by atoms with E-state index in [0.29, 0.717) is 24.3 Å².